The molecule has 1 aliphatic heterocycles. The molecule has 0 aliphatic carbocycles. The van der Waals surface area contributed by atoms with Crippen LogP contribution in [0.1, 0.15) is 16.8 Å². The van der Waals surface area contributed by atoms with E-state index < -0.39 is 0 Å². The fraction of sp³-hybridized carbons (Fsp3) is 0.192. The first-order valence-electron chi connectivity index (χ1n) is 10.8. The maximum atomic E-state index is 6.47. The van der Waals surface area contributed by atoms with Gasteiger partial charge in [-0.05, 0) is 11.6 Å². The number of nitrogens with zero attached hydrogens (tertiary/aromatic N) is 4. The van der Waals surface area contributed by atoms with E-state index in [9.17, 15) is 0 Å². The number of nitrogen functional groups attached to an aromatic ring is 1. The van der Waals surface area contributed by atoms with Crippen LogP contribution in [0.4, 0.5) is 5.95 Å². The fourth-order valence-corrected chi connectivity index (χ4v) is 4.40. The number of nitrogens with two attached hydrogens (primary N) is 1. The molecule has 1 aromatic heterocycles. The van der Waals surface area contributed by atoms with E-state index in [0.29, 0.717) is 12.5 Å². The van der Waals surface area contributed by atoms with E-state index in [2.05, 4.69) is 63.1 Å². The summed E-state index contributed by atoms with van der Waals surface area (Å²) in [5.41, 5.74) is 12.0. The van der Waals surface area contributed by atoms with Gasteiger partial charge in [-0.3, -0.25) is 9.91 Å². The van der Waals surface area contributed by atoms with Crippen molar-refractivity contribution in [3.8, 4) is 17.0 Å². The van der Waals surface area contributed by atoms with E-state index >= 15 is 0 Å². The predicted molar refractivity (Wildman–Crippen MR) is 128 cm³/mol. The van der Waals surface area contributed by atoms with Gasteiger partial charge in [-0.1, -0.05) is 78.9 Å². The van der Waals surface area contributed by atoms with Gasteiger partial charge in [0.15, 0.2) is 0 Å². The summed E-state index contributed by atoms with van der Waals surface area (Å²) in [6.45, 7) is 3.01. The van der Waals surface area contributed by atoms with E-state index in [-0.39, 0.29) is 0 Å². The summed E-state index contributed by atoms with van der Waals surface area (Å²) in [5.74, 6) is 1.38. The maximum Gasteiger partial charge on any atom is 0.220 e. The third-order valence-corrected chi connectivity index (χ3v) is 5.83. The molecule has 4 aromatic rings. The number of rotatable bonds is 6. The highest BCUT2D eigenvalue weighted by molar-refractivity contribution is 5.65. The zero-order chi connectivity index (χ0) is 21.9. The van der Waals surface area contributed by atoms with Crippen LogP contribution in [0.25, 0.3) is 11.3 Å². The van der Waals surface area contributed by atoms with Crippen LogP contribution in [-0.2, 0) is 19.6 Å². The van der Waals surface area contributed by atoms with Crippen LogP contribution >= 0.6 is 0 Å². The molecular weight excluding hydrogens is 398 g/mol. The zero-order valence-electron chi connectivity index (χ0n) is 18.2. The Kier molecular flexibility index (Phi) is 5.52. The van der Waals surface area contributed by atoms with Crippen molar-refractivity contribution in [3.63, 3.8) is 0 Å². The van der Waals surface area contributed by atoms with Gasteiger partial charge in [0, 0.05) is 24.2 Å². The maximum absolute atomic E-state index is 6.47. The third-order valence-electron chi connectivity index (χ3n) is 5.83. The first kappa shape index (κ1) is 20.2. The molecule has 6 nitrogen and oxygen atoms in total. The van der Waals surface area contributed by atoms with Crippen LogP contribution in [0.15, 0.2) is 84.9 Å². The lowest BCUT2D eigenvalue weighted by atomic mass is 10.1. The molecule has 0 unspecified atom stereocenters. The van der Waals surface area contributed by atoms with Crippen LogP contribution in [0.3, 0.4) is 0 Å². The summed E-state index contributed by atoms with van der Waals surface area (Å²) in [7, 11) is 1.71. The average molecular weight is 426 g/mol. The predicted octanol–water partition coefficient (Wildman–Crippen LogP) is 4.25. The Bertz CT molecular complexity index is 1190. The largest absolute Gasteiger partial charge is 0.496 e. The number of fused-ring (bicyclic) bond motifs is 1. The third kappa shape index (κ3) is 3.92. The number of para-hydroxylation sites is 1. The Balaban J connectivity index is 1.55. The SMILES string of the molecule is COc1ccccc1CN1CN(Cc2ccccc2)Cc2c(-c3ccccc3)nc(N)n21. The van der Waals surface area contributed by atoms with Crippen molar-refractivity contribution in [3.05, 3.63) is 102 Å². The molecule has 0 fully saturated rings. The van der Waals surface area contributed by atoms with Gasteiger partial charge in [0.2, 0.25) is 5.95 Å². The molecule has 2 heterocycles. The standard InChI is InChI=1S/C26H27N5O/c1-32-24-15-9-8-14-22(24)17-30-19-29(16-20-10-4-2-5-11-20)18-23-25(28-26(27)31(23)30)21-12-6-3-7-13-21/h2-15H,16-19H2,1H3,(H2,27,28). The number of anilines is 1. The highest BCUT2D eigenvalue weighted by Crippen LogP contribution is 2.31. The van der Waals surface area contributed by atoms with Gasteiger partial charge >= 0.3 is 0 Å². The van der Waals surface area contributed by atoms with E-state index in [1.807, 2.05) is 36.4 Å². The number of ether oxygens (including phenoxy) is 1. The molecule has 0 amide bonds. The molecule has 0 saturated carbocycles. The molecular formula is C26H27N5O. The van der Waals surface area contributed by atoms with Crippen LogP contribution in [0.5, 0.6) is 5.75 Å². The van der Waals surface area contributed by atoms with E-state index in [0.717, 1.165) is 48.0 Å². The number of benzene rings is 3. The monoisotopic (exact) mass is 425 g/mol. The number of hydrogen-bond donors (Lipinski definition) is 1. The summed E-state index contributed by atoms with van der Waals surface area (Å²) >= 11 is 0. The molecule has 32 heavy (non-hydrogen) atoms. The number of hydrogen-bond acceptors (Lipinski definition) is 5. The molecule has 5 rings (SSSR count). The van der Waals surface area contributed by atoms with Crippen molar-refractivity contribution < 1.29 is 4.74 Å². The Labute approximate surface area is 188 Å². The van der Waals surface area contributed by atoms with E-state index in [1.54, 1.807) is 7.11 Å². The van der Waals surface area contributed by atoms with E-state index in [4.69, 9.17) is 15.5 Å². The number of imidazole rings is 1. The summed E-state index contributed by atoms with van der Waals surface area (Å²) in [6.07, 6.45) is 0. The fourth-order valence-electron chi connectivity index (χ4n) is 4.40. The van der Waals surface area contributed by atoms with Gasteiger partial charge in [-0.25, -0.2) is 9.66 Å². The first-order chi connectivity index (χ1) is 15.7. The molecule has 0 atom stereocenters. The Morgan fingerprint density at radius 1 is 0.875 bits per heavy atom. The summed E-state index contributed by atoms with van der Waals surface area (Å²) in [4.78, 5) is 7.20. The van der Waals surface area contributed by atoms with Crippen molar-refractivity contribution in [2.45, 2.75) is 19.6 Å². The molecule has 0 spiro atoms. The lowest BCUT2D eigenvalue weighted by molar-refractivity contribution is 0.200. The smallest absolute Gasteiger partial charge is 0.220 e. The van der Waals surface area contributed by atoms with Gasteiger partial charge in [-0.2, -0.15) is 0 Å². The minimum Gasteiger partial charge on any atom is -0.496 e. The van der Waals surface area contributed by atoms with Gasteiger partial charge < -0.3 is 10.5 Å². The quantitative estimate of drug-likeness (QED) is 0.500. The average Bonchev–Trinajstić information content (AvgIpc) is 3.17. The molecule has 0 saturated heterocycles. The zero-order valence-corrected chi connectivity index (χ0v) is 18.2. The molecule has 2 N–H and O–H groups in total. The van der Waals surface area contributed by atoms with E-state index in [1.165, 1.54) is 5.56 Å². The molecule has 0 radical (unpaired) electrons. The second-order valence-electron chi connectivity index (χ2n) is 8.03. The molecule has 3 aromatic carbocycles. The Morgan fingerprint density at radius 3 is 2.31 bits per heavy atom. The highest BCUT2D eigenvalue weighted by Gasteiger charge is 2.29. The topological polar surface area (TPSA) is 59.6 Å². The van der Waals surface area contributed by atoms with Gasteiger partial charge in [0.05, 0.1) is 31.7 Å². The Hall–Kier alpha value is -3.77. The first-order valence-corrected chi connectivity index (χ1v) is 10.8. The minimum atomic E-state index is 0.508. The molecule has 0 bridgehead atoms. The van der Waals surface area contributed by atoms with Gasteiger partial charge in [0.25, 0.3) is 0 Å². The van der Waals surface area contributed by atoms with Crippen molar-refractivity contribution in [2.24, 2.45) is 0 Å². The van der Waals surface area contributed by atoms with Crippen LogP contribution < -0.4 is 15.5 Å². The lowest BCUT2D eigenvalue weighted by Gasteiger charge is -2.39. The summed E-state index contributed by atoms with van der Waals surface area (Å²) in [6, 6.07) is 29.0. The summed E-state index contributed by atoms with van der Waals surface area (Å²) in [5, 5.41) is 2.24. The highest BCUT2D eigenvalue weighted by atomic mass is 16.5. The van der Waals surface area contributed by atoms with Crippen LogP contribution in [-0.4, -0.2) is 28.3 Å². The summed E-state index contributed by atoms with van der Waals surface area (Å²) < 4.78 is 7.69. The molecule has 1 aliphatic rings. The number of aromatic nitrogens is 2. The van der Waals surface area contributed by atoms with Gasteiger partial charge in [-0.15, -0.1) is 0 Å². The van der Waals surface area contributed by atoms with Crippen LogP contribution in [0, 0.1) is 0 Å². The van der Waals surface area contributed by atoms with Gasteiger partial charge in [0.1, 0.15) is 5.75 Å². The van der Waals surface area contributed by atoms with Crippen molar-refractivity contribution >= 4 is 5.95 Å². The number of methoxy groups -OCH3 is 1. The normalized spacial score (nSPS) is 13.7. The minimum absolute atomic E-state index is 0.508. The Morgan fingerprint density at radius 2 is 1.56 bits per heavy atom. The molecule has 6 heteroatoms. The van der Waals surface area contributed by atoms with Crippen molar-refractivity contribution in [1.82, 2.24) is 14.6 Å². The second kappa shape index (κ2) is 8.77. The lowest BCUT2D eigenvalue weighted by Crippen LogP contribution is -2.49. The van der Waals surface area contributed by atoms with Crippen molar-refractivity contribution in [1.29, 1.82) is 0 Å². The second-order valence-corrected chi connectivity index (χ2v) is 8.03. The van der Waals surface area contributed by atoms with Crippen LogP contribution in [0.2, 0.25) is 0 Å². The molecule has 162 valence electrons. The van der Waals surface area contributed by atoms with Crippen molar-refractivity contribution in [2.75, 3.05) is 24.5 Å².